The van der Waals surface area contributed by atoms with Gasteiger partial charge >= 0.3 is 0 Å². The van der Waals surface area contributed by atoms with E-state index in [1.807, 2.05) is 0 Å². The highest BCUT2D eigenvalue weighted by Gasteiger charge is 2.22. The SMILES string of the molecule is O=C1CN(C(=O)c2cc(=O)c3cccc(F)c3[nH]2)CCCN1. The predicted molar refractivity (Wildman–Crippen MR) is 78.1 cm³/mol. The highest BCUT2D eigenvalue weighted by Crippen LogP contribution is 2.13. The van der Waals surface area contributed by atoms with Crippen LogP contribution < -0.4 is 10.7 Å². The van der Waals surface area contributed by atoms with E-state index in [1.165, 1.54) is 23.1 Å². The topological polar surface area (TPSA) is 82.3 Å². The van der Waals surface area contributed by atoms with Crippen molar-refractivity contribution in [1.82, 2.24) is 15.2 Å². The molecule has 2 amide bonds. The first-order valence-corrected chi connectivity index (χ1v) is 6.94. The third-order valence-corrected chi connectivity index (χ3v) is 3.59. The predicted octanol–water partition coefficient (Wildman–Crippen LogP) is 0.629. The van der Waals surface area contributed by atoms with Crippen LogP contribution in [-0.2, 0) is 4.79 Å². The molecule has 2 heterocycles. The van der Waals surface area contributed by atoms with E-state index in [9.17, 15) is 18.8 Å². The lowest BCUT2D eigenvalue weighted by Crippen LogP contribution is -2.38. The number of aromatic amines is 1. The number of aromatic nitrogens is 1. The molecule has 0 radical (unpaired) electrons. The first-order valence-electron chi connectivity index (χ1n) is 6.94. The Morgan fingerprint density at radius 3 is 2.91 bits per heavy atom. The average Bonchev–Trinajstić information content (AvgIpc) is 2.72. The van der Waals surface area contributed by atoms with Crippen LogP contribution in [0.2, 0.25) is 0 Å². The van der Waals surface area contributed by atoms with Crippen LogP contribution >= 0.6 is 0 Å². The largest absolute Gasteiger partial charge is 0.354 e. The van der Waals surface area contributed by atoms with Crippen LogP contribution in [0.4, 0.5) is 4.39 Å². The van der Waals surface area contributed by atoms with E-state index in [0.717, 1.165) is 6.07 Å². The number of nitrogens with one attached hydrogen (secondary N) is 2. The Hall–Kier alpha value is -2.70. The Bertz CT molecular complexity index is 815. The number of carbonyl (C=O) groups is 2. The summed E-state index contributed by atoms with van der Waals surface area (Å²) in [5, 5.41) is 2.85. The normalized spacial score (nSPS) is 15.5. The van der Waals surface area contributed by atoms with Gasteiger partial charge in [0.1, 0.15) is 11.5 Å². The minimum atomic E-state index is -0.599. The molecule has 0 saturated carbocycles. The summed E-state index contributed by atoms with van der Waals surface area (Å²) in [6.07, 6.45) is 0.629. The lowest BCUT2D eigenvalue weighted by atomic mass is 10.1. The van der Waals surface area contributed by atoms with Crippen molar-refractivity contribution in [2.24, 2.45) is 0 Å². The van der Waals surface area contributed by atoms with Gasteiger partial charge in [-0.05, 0) is 18.6 Å². The van der Waals surface area contributed by atoms with Crippen LogP contribution in [0, 0.1) is 5.82 Å². The van der Waals surface area contributed by atoms with Gasteiger partial charge in [0.25, 0.3) is 5.91 Å². The second kappa shape index (κ2) is 5.59. The second-order valence-corrected chi connectivity index (χ2v) is 5.14. The molecule has 22 heavy (non-hydrogen) atoms. The second-order valence-electron chi connectivity index (χ2n) is 5.14. The first-order chi connectivity index (χ1) is 10.6. The standard InChI is InChI=1S/C15H14FN3O3/c16-10-4-1-3-9-12(20)7-11(18-14(9)10)15(22)19-6-2-5-17-13(21)8-19/h1,3-4,7H,2,5-6,8H2,(H,17,21)(H,18,20). The number of amides is 2. The molecule has 6 nitrogen and oxygen atoms in total. The molecule has 0 bridgehead atoms. The first kappa shape index (κ1) is 14.2. The van der Waals surface area contributed by atoms with E-state index >= 15 is 0 Å². The fourth-order valence-electron chi connectivity index (χ4n) is 2.50. The Morgan fingerprint density at radius 2 is 2.09 bits per heavy atom. The molecule has 7 heteroatoms. The van der Waals surface area contributed by atoms with E-state index < -0.39 is 17.2 Å². The zero-order valence-corrected chi connectivity index (χ0v) is 11.7. The zero-order valence-electron chi connectivity index (χ0n) is 11.7. The molecule has 0 unspecified atom stereocenters. The highest BCUT2D eigenvalue weighted by atomic mass is 19.1. The Balaban J connectivity index is 2.02. The number of carbonyl (C=O) groups excluding carboxylic acids is 2. The van der Waals surface area contributed by atoms with Crippen molar-refractivity contribution in [3.8, 4) is 0 Å². The van der Waals surface area contributed by atoms with Gasteiger partial charge in [-0.2, -0.15) is 0 Å². The summed E-state index contributed by atoms with van der Waals surface area (Å²) >= 11 is 0. The summed E-state index contributed by atoms with van der Waals surface area (Å²) in [4.78, 5) is 40.0. The zero-order chi connectivity index (χ0) is 15.7. The molecule has 0 atom stereocenters. The Morgan fingerprint density at radius 1 is 1.27 bits per heavy atom. The van der Waals surface area contributed by atoms with Gasteiger partial charge < -0.3 is 15.2 Å². The fourth-order valence-corrected chi connectivity index (χ4v) is 2.50. The van der Waals surface area contributed by atoms with Crippen LogP contribution in [0.1, 0.15) is 16.9 Å². The van der Waals surface area contributed by atoms with Gasteiger partial charge in [0.05, 0.1) is 12.1 Å². The molecule has 3 rings (SSSR count). The lowest BCUT2D eigenvalue weighted by Gasteiger charge is -2.19. The number of halogens is 1. The Kier molecular flexibility index (Phi) is 3.62. The van der Waals surface area contributed by atoms with Crippen LogP contribution in [0.15, 0.2) is 29.1 Å². The van der Waals surface area contributed by atoms with Gasteiger partial charge in [-0.1, -0.05) is 6.07 Å². The summed E-state index contributed by atoms with van der Waals surface area (Å²) < 4.78 is 13.8. The summed E-state index contributed by atoms with van der Waals surface area (Å²) in [5.41, 5.74) is -0.453. The summed E-state index contributed by atoms with van der Waals surface area (Å²) in [5.74, 6) is -1.34. The smallest absolute Gasteiger partial charge is 0.270 e. The number of benzene rings is 1. The number of hydrogen-bond donors (Lipinski definition) is 2. The van der Waals surface area contributed by atoms with Gasteiger partial charge in [-0.3, -0.25) is 14.4 Å². The molecule has 1 fully saturated rings. The van der Waals surface area contributed by atoms with E-state index in [1.54, 1.807) is 0 Å². The minimum absolute atomic E-state index is 0.00220. The average molecular weight is 303 g/mol. The quantitative estimate of drug-likeness (QED) is 0.810. The maximum Gasteiger partial charge on any atom is 0.270 e. The van der Waals surface area contributed by atoms with E-state index in [0.29, 0.717) is 19.5 Å². The number of para-hydroxylation sites is 1. The van der Waals surface area contributed by atoms with Gasteiger partial charge in [0, 0.05) is 24.5 Å². The molecule has 2 N–H and O–H groups in total. The van der Waals surface area contributed by atoms with E-state index in [2.05, 4.69) is 10.3 Å². The molecular formula is C15H14FN3O3. The molecule has 1 aliphatic rings. The molecule has 114 valence electrons. The van der Waals surface area contributed by atoms with Crippen LogP contribution in [0.5, 0.6) is 0 Å². The van der Waals surface area contributed by atoms with Crippen molar-refractivity contribution < 1.29 is 14.0 Å². The maximum atomic E-state index is 13.8. The van der Waals surface area contributed by atoms with Gasteiger partial charge in [-0.15, -0.1) is 0 Å². The fraction of sp³-hybridized carbons (Fsp3) is 0.267. The van der Waals surface area contributed by atoms with Crippen molar-refractivity contribution in [1.29, 1.82) is 0 Å². The summed E-state index contributed by atoms with van der Waals surface area (Å²) in [6.45, 7) is 0.830. The Labute approximate surface area is 124 Å². The number of fused-ring (bicyclic) bond motifs is 1. The third-order valence-electron chi connectivity index (χ3n) is 3.59. The molecular weight excluding hydrogens is 289 g/mol. The van der Waals surface area contributed by atoms with Crippen molar-refractivity contribution in [2.75, 3.05) is 19.6 Å². The number of rotatable bonds is 1. The van der Waals surface area contributed by atoms with Crippen molar-refractivity contribution in [3.63, 3.8) is 0 Å². The number of hydrogen-bond acceptors (Lipinski definition) is 3. The maximum absolute atomic E-state index is 13.8. The third kappa shape index (κ3) is 2.57. The molecule has 0 spiro atoms. The number of pyridine rings is 1. The molecule has 1 aliphatic heterocycles. The van der Waals surface area contributed by atoms with E-state index in [-0.39, 0.29) is 29.0 Å². The highest BCUT2D eigenvalue weighted by molar-refractivity contribution is 5.97. The molecule has 2 aromatic rings. The summed E-state index contributed by atoms with van der Waals surface area (Å²) in [6, 6.07) is 5.29. The number of nitrogens with zero attached hydrogens (tertiary/aromatic N) is 1. The molecule has 1 aromatic heterocycles. The van der Waals surface area contributed by atoms with Gasteiger partial charge in [0.15, 0.2) is 5.43 Å². The monoisotopic (exact) mass is 303 g/mol. The van der Waals surface area contributed by atoms with Crippen LogP contribution in [0.3, 0.4) is 0 Å². The van der Waals surface area contributed by atoms with E-state index in [4.69, 9.17) is 0 Å². The molecule has 1 aromatic carbocycles. The lowest BCUT2D eigenvalue weighted by molar-refractivity contribution is -0.121. The van der Waals surface area contributed by atoms with Crippen molar-refractivity contribution in [2.45, 2.75) is 6.42 Å². The molecule has 0 aliphatic carbocycles. The van der Waals surface area contributed by atoms with Crippen molar-refractivity contribution >= 4 is 22.7 Å². The summed E-state index contributed by atoms with van der Waals surface area (Å²) in [7, 11) is 0. The van der Waals surface area contributed by atoms with Crippen molar-refractivity contribution in [3.05, 3.63) is 46.0 Å². The minimum Gasteiger partial charge on any atom is -0.354 e. The van der Waals surface area contributed by atoms with Gasteiger partial charge in [0.2, 0.25) is 5.91 Å². The van der Waals surface area contributed by atoms with Crippen LogP contribution in [-0.4, -0.2) is 41.3 Å². The van der Waals surface area contributed by atoms with Crippen LogP contribution in [0.25, 0.3) is 10.9 Å². The van der Waals surface area contributed by atoms with Gasteiger partial charge in [-0.25, -0.2) is 4.39 Å². The molecule has 1 saturated heterocycles. The number of H-pyrrole nitrogens is 1.